The molecule has 1 heterocycles. The molecule has 0 spiro atoms. The van der Waals surface area contributed by atoms with Gasteiger partial charge in [0.05, 0.1) is 10.6 Å². The van der Waals surface area contributed by atoms with Gasteiger partial charge in [-0.2, -0.15) is 0 Å². The molecule has 0 amide bonds. The van der Waals surface area contributed by atoms with Crippen LogP contribution < -0.4 is 4.90 Å². The number of nitrogens with zero attached hydrogens (tertiary/aromatic N) is 2. The topological polar surface area (TPSA) is 46.4 Å². The number of anilines is 1. The molecule has 16 heavy (non-hydrogen) atoms. The van der Waals surface area contributed by atoms with Gasteiger partial charge in [-0.1, -0.05) is 40.9 Å². The van der Waals surface area contributed by atoms with Gasteiger partial charge in [0.2, 0.25) is 0 Å². The van der Waals surface area contributed by atoms with Crippen LogP contribution in [0, 0.1) is 10.1 Å². The third-order valence-electron chi connectivity index (χ3n) is 2.48. The van der Waals surface area contributed by atoms with Crippen molar-refractivity contribution in [2.75, 3.05) is 11.4 Å². The van der Waals surface area contributed by atoms with Crippen molar-refractivity contribution in [3.8, 4) is 0 Å². The molecule has 4 nitrogen and oxygen atoms in total. The molecule has 0 saturated carbocycles. The maximum absolute atomic E-state index is 10.6. The van der Waals surface area contributed by atoms with Gasteiger partial charge in [0.1, 0.15) is 0 Å². The lowest BCUT2D eigenvalue weighted by Gasteiger charge is -2.26. The van der Waals surface area contributed by atoms with Crippen LogP contribution >= 0.6 is 34.8 Å². The average Bonchev–Trinajstić information content (AvgIpc) is 2.58. The van der Waals surface area contributed by atoms with Crippen LogP contribution in [0.2, 0.25) is 0 Å². The standard InChI is InChI=1S/C9H7Cl3N2O2/c10-9(11,12)13-4-3-6-1-2-7(14(15)16)5-8(6)13/h1-2,5H,3-4H2. The highest BCUT2D eigenvalue weighted by atomic mass is 35.6. The van der Waals surface area contributed by atoms with Gasteiger partial charge >= 0.3 is 0 Å². The second-order valence-corrected chi connectivity index (χ2v) is 5.66. The highest BCUT2D eigenvalue weighted by Gasteiger charge is 2.35. The van der Waals surface area contributed by atoms with E-state index in [1.54, 1.807) is 6.07 Å². The number of hydrogen-bond acceptors (Lipinski definition) is 3. The molecule has 0 fully saturated rings. The Kier molecular flexibility index (Phi) is 2.90. The monoisotopic (exact) mass is 280 g/mol. The molecule has 86 valence electrons. The van der Waals surface area contributed by atoms with Gasteiger partial charge in [-0.25, -0.2) is 0 Å². The minimum absolute atomic E-state index is 0.0000926. The number of hydrogen-bond donors (Lipinski definition) is 0. The summed E-state index contributed by atoms with van der Waals surface area (Å²) in [4.78, 5) is 11.7. The summed E-state index contributed by atoms with van der Waals surface area (Å²) < 4.78 is -1.57. The summed E-state index contributed by atoms with van der Waals surface area (Å²) in [6, 6.07) is 4.59. The van der Waals surface area contributed by atoms with Crippen molar-refractivity contribution in [1.29, 1.82) is 0 Å². The Labute approximate surface area is 107 Å². The molecular formula is C9H7Cl3N2O2. The van der Waals surface area contributed by atoms with Gasteiger partial charge < -0.3 is 4.90 Å². The molecule has 0 unspecified atom stereocenters. The van der Waals surface area contributed by atoms with E-state index in [9.17, 15) is 10.1 Å². The number of halogens is 3. The predicted octanol–water partition coefficient (Wildman–Crippen LogP) is 3.29. The Bertz CT molecular complexity index is 445. The summed E-state index contributed by atoms with van der Waals surface area (Å²) in [5.74, 6) is 0. The van der Waals surface area contributed by atoms with Crippen LogP contribution in [-0.4, -0.2) is 15.4 Å². The van der Waals surface area contributed by atoms with E-state index in [1.807, 2.05) is 0 Å². The minimum Gasteiger partial charge on any atom is -0.327 e. The fourth-order valence-corrected chi connectivity index (χ4v) is 2.27. The molecule has 1 aromatic carbocycles. The van der Waals surface area contributed by atoms with Gasteiger partial charge in [0, 0.05) is 18.7 Å². The molecule has 1 aliphatic rings. The molecule has 0 N–H and O–H groups in total. The largest absolute Gasteiger partial charge is 0.327 e. The lowest BCUT2D eigenvalue weighted by Crippen LogP contribution is -2.33. The number of non-ortho nitro benzene ring substituents is 1. The maximum Gasteiger partial charge on any atom is 0.271 e. The van der Waals surface area contributed by atoms with E-state index in [2.05, 4.69) is 0 Å². The number of nitro benzene ring substituents is 1. The Hall–Kier alpha value is -0.710. The number of alkyl halides is 3. The first-order valence-electron chi connectivity index (χ1n) is 4.51. The molecule has 0 saturated heterocycles. The molecule has 1 aromatic rings. The second-order valence-electron chi connectivity index (χ2n) is 3.44. The fraction of sp³-hybridized carbons (Fsp3) is 0.333. The van der Waals surface area contributed by atoms with E-state index in [0.717, 1.165) is 12.0 Å². The molecule has 0 radical (unpaired) electrons. The third-order valence-corrected chi connectivity index (χ3v) is 3.09. The van der Waals surface area contributed by atoms with Crippen LogP contribution in [0.25, 0.3) is 0 Å². The Morgan fingerprint density at radius 1 is 1.38 bits per heavy atom. The van der Waals surface area contributed by atoms with Gasteiger partial charge in [-0.3, -0.25) is 10.1 Å². The van der Waals surface area contributed by atoms with Crippen LogP contribution in [0.4, 0.5) is 11.4 Å². The van der Waals surface area contributed by atoms with Gasteiger partial charge in [-0.15, -0.1) is 0 Å². The molecule has 0 bridgehead atoms. The summed E-state index contributed by atoms with van der Waals surface area (Å²) in [7, 11) is 0. The van der Waals surface area contributed by atoms with Crippen molar-refractivity contribution in [1.82, 2.24) is 0 Å². The fourth-order valence-electron chi connectivity index (χ4n) is 1.74. The molecule has 1 aliphatic heterocycles. The average molecular weight is 282 g/mol. The number of rotatable bonds is 1. The zero-order valence-corrected chi connectivity index (χ0v) is 10.3. The lowest BCUT2D eigenvalue weighted by atomic mass is 10.1. The zero-order valence-electron chi connectivity index (χ0n) is 7.99. The Morgan fingerprint density at radius 2 is 2.06 bits per heavy atom. The Balaban J connectivity index is 2.45. The lowest BCUT2D eigenvalue weighted by molar-refractivity contribution is -0.384. The van der Waals surface area contributed by atoms with Crippen molar-refractivity contribution in [2.24, 2.45) is 0 Å². The van der Waals surface area contributed by atoms with E-state index < -0.39 is 8.84 Å². The van der Waals surface area contributed by atoms with E-state index in [0.29, 0.717) is 12.2 Å². The quantitative estimate of drug-likeness (QED) is 0.343. The van der Waals surface area contributed by atoms with Crippen LogP contribution in [0.3, 0.4) is 0 Å². The molecule has 0 atom stereocenters. The van der Waals surface area contributed by atoms with Gasteiger partial charge in [0.15, 0.2) is 0 Å². The van der Waals surface area contributed by atoms with Crippen molar-refractivity contribution < 1.29 is 4.92 Å². The smallest absolute Gasteiger partial charge is 0.271 e. The highest BCUT2D eigenvalue weighted by molar-refractivity contribution is 6.68. The van der Waals surface area contributed by atoms with Crippen LogP contribution in [0.5, 0.6) is 0 Å². The normalized spacial score (nSPS) is 15.1. The van der Waals surface area contributed by atoms with Crippen LogP contribution in [0.15, 0.2) is 18.2 Å². The van der Waals surface area contributed by atoms with E-state index in [-0.39, 0.29) is 5.69 Å². The number of fused-ring (bicyclic) bond motifs is 1. The summed E-state index contributed by atoms with van der Waals surface area (Å²) in [5, 5.41) is 10.6. The molecule has 2 rings (SSSR count). The SMILES string of the molecule is O=[N+]([O-])c1ccc2c(c1)N(C(Cl)(Cl)Cl)CC2. The minimum atomic E-state index is -1.57. The summed E-state index contributed by atoms with van der Waals surface area (Å²) in [5.41, 5.74) is 1.58. The first kappa shape index (κ1) is 11.8. The van der Waals surface area contributed by atoms with E-state index >= 15 is 0 Å². The molecule has 0 aliphatic carbocycles. The van der Waals surface area contributed by atoms with Crippen molar-refractivity contribution in [2.45, 2.75) is 10.3 Å². The zero-order chi connectivity index (χ0) is 11.9. The summed E-state index contributed by atoms with van der Waals surface area (Å²) in [6.07, 6.45) is 0.723. The number of nitro groups is 1. The maximum atomic E-state index is 10.6. The second kappa shape index (κ2) is 3.95. The summed E-state index contributed by atoms with van der Waals surface area (Å²) >= 11 is 17.4. The van der Waals surface area contributed by atoms with Gasteiger partial charge in [0.25, 0.3) is 9.60 Å². The third kappa shape index (κ3) is 2.05. The first-order chi connectivity index (χ1) is 7.39. The van der Waals surface area contributed by atoms with Crippen LogP contribution in [0.1, 0.15) is 5.56 Å². The molecule has 7 heteroatoms. The first-order valence-corrected chi connectivity index (χ1v) is 5.64. The van der Waals surface area contributed by atoms with Crippen LogP contribution in [-0.2, 0) is 6.42 Å². The molecule has 0 aromatic heterocycles. The van der Waals surface area contributed by atoms with Crippen molar-refractivity contribution in [3.63, 3.8) is 0 Å². The van der Waals surface area contributed by atoms with E-state index in [1.165, 1.54) is 17.0 Å². The Morgan fingerprint density at radius 3 is 2.62 bits per heavy atom. The highest BCUT2D eigenvalue weighted by Crippen LogP contribution is 2.41. The molecular weight excluding hydrogens is 274 g/mol. The van der Waals surface area contributed by atoms with Gasteiger partial charge in [-0.05, 0) is 12.0 Å². The summed E-state index contributed by atoms with van der Waals surface area (Å²) in [6.45, 7) is 0.549. The number of benzene rings is 1. The predicted molar refractivity (Wildman–Crippen MR) is 64.4 cm³/mol. The van der Waals surface area contributed by atoms with Crippen molar-refractivity contribution >= 4 is 46.2 Å². The van der Waals surface area contributed by atoms with Crippen molar-refractivity contribution in [3.05, 3.63) is 33.9 Å². The van der Waals surface area contributed by atoms with E-state index in [4.69, 9.17) is 34.8 Å².